The molecule has 0 spiro atoms. The minimum absolute atomic E-state index is 0.0338. The molecule has 140 valence electrons. The number of hydrogen-bond acceptors (Lipinski definition) is 4. The molecule has 3 rings (SSSR count). The standard InChI is InChI=1S/C19H15F3N2O2S/c1-12(16-3-2-10-27-16)24-18(25)13-4-7-15(8-5-13)26-17-9-6-14(11-23-17)19(20,21)22/h2-12H,1H3,(H,24,25)/t12-/m0/s1. The zero-order valence-corrected chi connectivity index (χ0v) is 15.0. The van der Waals surface area contributed by atoms with Gasteiger partial charge < -0.3 is 10.1 Å². The van der Waals surface area contributed by atoms with Gasteiger partial charge in [-0.3, -0.25) is 4.79 Å². The largest absolute Gasteiger partial charge is 0.439 e. The van der Waals surface area contributed by atoms with Crippen LogP contribution in [0.25, 0.3) is 0 Å². The Hall–Kier alpha value is -2.87. The van der Waals surface area contributed by atoms with Gasteiger partial charge in [0, 0.05) is 22.7 Å². The van der Waals surface area contributed by atoms with E-state index in [2.05, 4.69) is 10.3 Å². The summed E-state index contributed by atoms with van der Waals surface area (Å²) >= 11 is 1.56. The first kappa shape index (κ1) is 18.9. The van der Waals surface area contributed by atoms with Crippen molar-refractivity contribution < 1.29 is 22.7 Å². The van der Waals surface area contributed by atoms with Gasteiger partial charge in [0.15, 0.2) is 0 Å². The predicted octanol–water partition coefficient (Wildman–Crippen LogP) is 5.45. The lowest BCUT2D eigenvalue weighted by atomic mass is 10.2. The summed E-state index contributed by atoms with van der Waals surface area (Å²) in [6.45, 7) is 1.90. The van der Waals surface area contributed by atoms with Gasteiger partial charge in [-0.15, -0.1) is 11.3 Å². The van der Waals surface area contributed by atoms with Crippen molar-refractivity contribution in [1.29, 1.82) is 0 Å². The Morgan fingerprint density at radius 1 is 1.15 bits per heavy atom. The average Bonchev–Trinajstić information content (AvgIpc) is 3.17. The number of hydrogen-bond donors (Lipinski definition) is 1. The van der Waals surface area contributed by atoms with Crippen molar-refractivity contribution in [1.82, 2.24) is 10.3 Å². The van der Waals surface area contributed by atoms with E-state index in [9.17, 15) is 18.0 Å². The summed E-state index contributed by atoms with van der Waals surface area (Å²) in [5.74, 6) is 0.173. The predicted molar refractivity (Wildman–Crippen MR) is 96.0 cm³/mol. The fourth-order valence-corrected chi connectivity index (χ4v) is 3.03. The first-order valence-electron chi connectivity index (χ1n) is 7.98. The minimum Gasteiger partial charge on any atom is -0.439 e. The maximum Gasteiger partial charge on any atom is 0.417 e. The molecule has 8 heteroatoms. The summed E-state index contributed by atoms with van der Waals surface area (Å²) in [6, 6.07) is 12.1. The molecule has 4 nitrogen and oxygen atoms in total. The van der Waals surface area contributed by atoms with Gasteiger partial charge in [0.25, 0.3) is 5.91 Å². The Balaban J connectivity index is 1.62. The Kier molecular flexibility index (Phi) is 5.46. The van der Waals surface area contributed by atoms with E-state index in [1.807, 2.05) is 24.4 Å². The Labute approximate surface area is 157 Å². The molecule has 27 heavy (non-hydrogen) atoms. The lowest BCUT2D eigenvalue weighted by molar-refractivity contribution is -0.137. The summed E-state index contributed by atoms with van der Waals surface area (Å²) in [7, 11) is 0. The van der Waals surface area contributed by atoms with Crippen LogP contribution in [0.3, 0.4) is 0 Å². The van der Waals surface area contributed by atoms with Crippen molar-refractivity contribution in [3.05, 3.63) is 76.1 Å². The van der Waals surface area contributed by atoms with E-state index in [0.29, 0.717) is 17.5 Å². The highest BCUT2D eigenvalue weighted by molar-refractivity contribution is 7.10. The molecular weight excluding hydrogens is 377 g/mol. The van der Waals surface area contributed by atoms with Gasteiger partial charge >= 0.3 is 6.18 Å². The molecule has 0 aliphatic heterocycles. The second kappa shape index (κ2) is 7.79. The van der Waals surface area contributed by atoms with Crippen molar-refractivity contribution in [3.63, 3.8) is 0 Å². The van der Waals surface area contributed by atoms with Gasteiger partial charge in [0.05, 0.1) is 11.6 Å². The van der Waals surface area contributed by atoms with Crippen LogP contribution >= 0.6 is 11.3 Å². The van der Waals surface area contributed by atoms with Crippen LogP contribution in [0.5, 0.6) is 11.6 Å². The highest BCUT2D eigenvalue weighted by atomic mass is 32.1. The quantitative estimate of drug-likeness (QED) is 0.629. The molecular formula is C19H15F3N2O2S. The number of alkyl halides is 3. The maximum atomic E-state index is 12.5. The number of rotatable bonds is 5. The molecule has 0 fully saturated rings. The van der Waals surface area contributed by atoms with Gasteiger partial charge in [0.1, 0.15) is 5.75 Å². The first-order valence-corrected chi connectivity index (χ1v) is 8.86. The van der Waals surface area contributed by atoms with E-state index in [-0.39, 0.29) is 17.8 Å². The summed E-state index contributed by atoms with van der Waals surface area (Å²) in [5.41, 5.74) is -0.395. The van der Waals surface area contributed by atoms with Crippen LogP contribution in [0.4, 0.5) is 13.2 Å². The number of halogens is 3. The second-order valence-corrected chi connectivity index (χ2v) is 6.70. The zero-order valence-electron chi connectivity index (χ0n) is 14.2. The molecule has 1 aromatic carbocycles. The summed E-state index contributed by atoms with van der Waals surface area (Å²) < 4.78 is 43.0. The highest BCUT2D eigenvalue weighted by Crippen LogP contribution is 2.30. The van der Waals surface area contributed by atoms with E-state index in [1.165, 1.54) is 0 Å². The van der Waals surface area contributed by atoms with Gasteiger partial charge in [0.2, 0.25) is 5.88 Å². The van der Waals surface area contributed by atoms with E-state index >= 15 is 0 Å². The van der Waals surface area contributed by atoms with Crippen LogP contribution < -0.4 is 10.1 Å². The minimum atomic E-state index is -4.44. The van der Waals surface area contributed by atoms with E-state index in [0.717, 1.165) is 17.0 Å². The number of ether oxygens (including phenoxy) is 1. The van der Waals surface area contributed by atoms with E-state index in [4.69, 9.17) is 4.74 Å². The number of thiophene rings is 1. The lowest BCUT2D eigenvalue weighted by Crippen LogP contribution is -2.25. The second-order valence-electron chi connectivity index (χ2n) is 5.72. The fraction of sp³-hybridized carbons (Fsp3) is 0.158. The Morgan fingerprint density at radius 2 is 1.89 bits per heavy atom. The van der Waals surface area contributed by atoms with Crippen LogP contribution in [-0.2, 0) is 6.18 Å². The van der Waals surface area contributed by atoms with Crippen LogP contribution in [0.15, 0.2) is 60.1 Å². The Morgan fingerprint density at radius 3 is 2.44 bits per heavy atom. The molecule has 0 unspecified atom stereocenters. The fourth-order valence-electron chi connectivity index (χ4n) is 2.29. The van der Waals surface area contributed by atoms with Crippen molar-refractivity contribution >= 4 is 17.2 Å². The van der Waals surface area contributed by atoms with Crippen LogP contribution in [0.1, 0.15) is 33.8 Å². The molecule has 1 atom stereocenters. The summed E-state index contributed by atoms with van der Waals surface area (Å²) in [6.07, 6.45) is -3.73. The number of nitrogens with zero attached hydrogens (tertiary/aromatic N) is 1. The van der Waals surface area contributed by atoms with Crippen LogP contribution in [-0.4, -0.2) is 10.9 Å². The number of benzene rings is 1. The highest BCUT2D eigenvalue weighted by Gasteiger charge is 2.30. The maximum absolute atomic E-state index is 12.5. The van der Waals surface area contributed by atoms with E-state index < -0.39 is 11.7 Å². The third-order valence-electron chi connectivity index (χ3n) is 3.72. The van der Waals surface area contributed by atoms with Gasteiger partial charge in [-0.25, -0.2) is 4.98 Å². The van der Waals surface area contributed by atoms with Crippen LogP contribution in [0, 0.1) is 0 Å². The number of nitrogens with one attached hydrogen (secondary N) is 1. The lowest BCUT2D eigenvalue weighted by Gasteiger charge is -2.12. The van der Waals surface area contributed by atoms with E-state index in [1.54, 1.807) is 35.6 Å². The van der Waals surface area contributed by atoms with Crippen molar-refractivity contribution in [2.24, 2.45) is 0 Å². The molecule has 3 aromatic rings. The van der Waals surface area contributed by atoms with Crippen LogP contribution in [0.2, 0.25) is 0 Å². The monoisotopic (exact) mass is 392 g/mol. The summed E-state index contributed by atoms with van der Waals surface area (Å²) in [4.78, 5) is 17.0. The van der Waals surface area contributed by atoms with Crippen molar-refractivity contribution in [3.8, 4) is 11.6 Å². The van der Waals surface area contributed by atoms with Gasteiger partial charge in [-0.05, 0) is 48.7 Å². The van der Waals surface area contributed by atoms with Gasteiger partial charge in [-0.1, -0.05) is 6.07 Å². The molecule has 2 heterocycles. The SMILES string of the molecule is C[C@H](NC(=O)c1ccc(Oc2ccc(C(F)(F)F)cn2)cc1)c1cccs1. The molecule has 1 amide bonds. The number of carbonyl (C=O) groups is 1. The van der Waals surface area contributed by atoms with Crippen molar-refractivity contribution in [2.45, 2.75) is 19.1 Å². The molecule has 1 N–H and O–H groups in total. The molecule has 0 saturated heterocycles. The third kappa shape index (κ3) is 4.85. The smallest absolute Gasteiger partial charge is 0.417 e. The number of carbonyl (C=O) groups excluding carboxylic acids is 1. The molecule has 2 aromatic heterocycles. The molecule has 0 radical (unpaired) electrons. The third-order valence-corrected chi connectivity index (χ3v) is 4.78. The number of pyridine rings is 1. The zero-order chi connectivity index (χ0) is 19.4. The molecule has 0 aliphatic rings. The topological polar surface area (TPSA) is 51.2 Å². The van der Waals surface area contributed by atoms with Crippen molar-refractivity contribution in [2.75, 3.05) is 0 Å². The summed E-state index contributed by atoms with van der Waals surface area (Å²) in [5, 5.41) is 4.84. The first-order chi connectivity index (χ1) is 12.8. The average molecular weight is 392 g/mol. The number of amides is 1. The molecule has 0 bridgehead atoms. The number of aromatic nitrogens is 1. The molecule has 0 aliphatic carbocycles. The Bertz CT molecular complexity index is 892. The molecule has 0 saturated carbocycles. The normalized spacial score (nSPS) is 12.4. The van der Waals surface area contributed by atoms with Gasteiger partial charge in [-0.2, -0.15) is 13.2 Å².